The van der Waals surface area contributed by atoms with Crippen molar-refractivity contribution < 1.29 is 9.59 Å². The van der Waals surface area contributed by atoms with Crippen molar-refractivity contribution in [3.05, 3.63) is 49.2 Å². The number of aryl methyl sites for hydroxylation is 3. The minimum atomic E-state index is -0.498. The van der Waals surface area contributed by atoms with E-state index >= 15 is 0 Å². The molecule has 0 bridgehead atoms. The Labute approximate surface area is 191 Å². The Balaban J connectivity index is 1.64. The van der Waals surface area contributed by atoms with Crippen molar-refractivity contribution in [3.63, 3.8) is 0 Å². The second kappa shape index (κ2) is 8.84. The van der Waals surface area contributed by atoms with Gasteiger partial charge in [0.1, 0.15) is 37.4 Å². The number of nitrogens with zero attached hydrogens (tertiary/aromatic N) is 6. The fraction of sp³-hybridized carbons (Fsp3) is 0.312. The van der Waals surface area contributed by atoms with Gasteiger partial charge >= 0.3 is 0 Å². The zero-order chi connectivity index (χ0) is 22.2. The van der Waals surface area contributed by atoms with Crippen LogP contribution in [0.15, 0.2) is 6.07 Å². The minimum Gasteiger partial charge on any atom is -0.345 e. The monoisotopic (exact) mass is 492 g/mol. The van der Waals surface area contributed by atoms with Crippen LogP contribution >= 0.6 is 46.4 Å². The van der Waals surface area contributed by atoms with Gasteiger partial charge in [0.2, 0.25) is 0 Å². The number of nitrogens with one attached hydrogen (secondary N) is 2. The molecule has 0 aliphatic rings. The van der Waals surface area contributed by atoms with Crippen molar-refractivity contribution in [3.8, 4) is 0 Å². The van der Waals surface area contributed by atoms with Crippen LogP contribution in [0.3, 0.4) is 0 Å². The molecule has 160 valence electrons. The highest BCUT2D eigenvalue weighted by atomic mass is 35.5. The van der Waals surface area contributed by atoms with Gasteiger partial charge < -0.3 is 10.6 Å². The molecule has 10 nitrogen and oxygen atoms in total. The van der Waals surface area contributed by atoms with E-state index in [9.17, 15) is 9.59 Å². The molecule has 0 saturated carbocycles. The van der Waals surface area contributed by atoms with E-state index in [-0.39, 0.29) is 44.8 Å². The maximum absolute atomic E-state index is 12.5. The maximum atomic E-state index is 12.5. The summed E-state index contributed by atoms with van der Waals surface area (Å²) in [6, 6.07) is 1.37. The number of hydrogen-bond acceptors (Lipinski definition) is 5. The van der Waals surface area contributed by atoms with Gasteiger partial charge in [-0.05, 0) is 0 Å². The Bertz CT molecular complexity index is 1130. The SMILES string of the molecule is Cn1nc(C(=O)NCc2nn(C)c(Cl)c2Cl)cc1C(=O)NCc1nn(C)c(Cl)c1Cl. The molecule has 0 saturated heterocycles. The number of amides is 2. The highest BCUT2D eigenvalue weighted by Crippen LogP contribution is 2.25. The fourth-order valence-electron chi connectivity index (χ4n) is 2.59. The summed E-state index contributed by atoms with van der Waals surface area (Å²) in [7, 11) is 4.82. The molecule has 3 heterocycles. The largest absolute Gasteiger partial charge is 0.345 e. The fourth-order valence-corrected chi connectivity index (χ4v) is 3.33. The van der Waals surface area contributed by atoms with Gasteiger partial charge in [-0.2, -0.15) is 15.3 Å². The molecule has 2 N–H and O–H groups in total. The predicted molar refractivity (Wildman–Crippen MR) is 112 cm³/mol. The Kier molecular flexibility index (Phi) is 6.61. The Morgan fingerprint density at radius 2 is 1.27 bits per heavy atom. The van der Waals surface area contributed by atoms with E-state index in [4.69, 9.17) is 46.4 Å². The highest BCUT2D eigenvalue weighted by molar-refractivity contribution is 6.42. The van der Waals surface area contributed by atoms with E-state index in [1.54, 1.807) is 21.1 Å². The molecule has 0 aromatic carbocycles. The van der Waals surface area contributed by atoms with E-state index < -0.39 is 11.8 Å². The van der Waals surface area contributed by atoms with Crippen LogP contribution in [-0.4, -0.2) is 41.2 Å². The van der Waals surface area contributed by atoms with Gasteiger partial charge in [-0.15, -0.1) is 0 Å². The average molecular weight is 494 g/mol. The normalized spacial score (nSPS) is 11.0. The molecular weight excluding hydrogens is 478 g/mol. The third kappa shape index (κ3) is 4.41. The molecule has 0 aliphatic carbocycles. The molecular formula is C16H16Cl4N8O2. The first kappa shape index (κ1) is 22.4. The van der Waals surface area contributed by atoms with Crippen LogP contribution in [-0.2, 0) is 34.2 Å². The summed E-state index contributed by atoms with van der Waals surface area (Å²) in [4.78, 5) is 24.9. The molecule has 3 aromatic rings. The second-order valence-electron chi connectivity index (χ2n) is 6.25. The lowest BCUT2D eigenvalue weighted by atomic mass is 10.3. The van der Waals surface area contributed by atoms with E-state index in [1.807, 2.05) is 0 Å². The smallest absolute Gasteiger partial charge is 0.272 e. The lowest BCUT2D eigenvalue weighted by Gasteiger charge is -2.03. The van der Waals surface area contributed by atoms with Gasteiger partial charge in [-0.1, -0.05) is 46.4 Å². The van der Waals surface area contributed by atoms with E-state index in [0.29, 0.717) is 11.4 Å². The summed E-state index contributed by atoms with van der Waals surface area (Å²) in [5.74, 6) is -0.955. The van der Waals surface area contributed by atoms with Crippen LogP contribution in [0.25, 0.3) is 0 Å². The van der Waals surface area contributed by atoms with Crippen molar-refractivity contribution in [1.82, 2.24) is 40.0 Å². The molecule has 3 rings (SSSR count). The first-order chi connectivity index (χ1) is 14.1. The first-order valence-electron chi connectivity index (χ1n) is 8.44. The van der Waals surface area contributed by atoms with Crippen LogP contribution in [0.2, 0.25) is 20.4 Å². The minimum absolute atomic E-state index is 0.0509. The lowest BCUT2D eigenvalue weighted by molar-refractivity contribution is 0.0935. The van der Waals surface area contributed by atoms with Gasteiger partial charge in [0.05, 0.1) is 13.1 Å². The van der Waals surface area contributed by atoms with Gasteiger partial charge in [0.25, 0.3) is 11.8 Å². The summed E-state index contributed by atoms with van der Waals surface area (Å²) in [6.45, 7) is 0.110. The van der Waals surface area contributed by atoms with Gasteiger partial charge in [-0.3, -0.25) is 23.6 Å². The molecule has 3 aromatic heterocycles. The van der Waals surface area contributed by atoms with Crippen LogP contribution < -0.4 is 10.6 Å². The maximum Gasteiger partial charge on any atom is 0.272 e. The van der Waals surface area contributed by atoms with Crippen LogP contribution in [0.1, 0.15) is 32.4 Å². The number of aromatic nitrogens is 6. The van der Waals surface area contributed by atoms with Crippen LogP contribution in [0.4, 0.5) is 0 Å². The molecule has 0 atom stereocenters. The predicted octanol–water partition coefficient (Wildman–Crippen LogP) is 2.36. The topological polar surface area (TPSA) is 112 Å². The summed E-state index contributed by atoms with van der Waals surface area (Å²) in [5.41, 5.74) is 1.07. The van der Waals surface area contributed by atoms with Gasteiger partial charge in [0, 0.05) is 27.2 Å². The van der Waals surface area contributed by atoms with Gasteiger partial charge in [0.15, 0.2) is 5.69 Å². The van der Waals surface area contributed by atoms with Crippen molar-refractivity contribution in [2.24, 2.45) is 21.1 Å². The number of rotatable bonds is 6. The molecule has 2 amide bonds. The zero-order valence-corrected chi connectivity index (χ0v) is 19.0. The molecule has 0 spiro atoms. The third-order valence-corrected chi connectivity index (χ3v) is 6.01. The molecule has 0 unspecified atom stereocenters. The Morgan fingerprint density at radius 3 is 1.70 bits per heavy atom. The van der Waals surface area contributed by atoms with E-state index in [2.05, 4.69) is 25.9 Å². The molecule has 30 heavy (non-hydrogen) atoms. The zero-order valence-electron chi connectivity index (χ0n) is 16.0. The third-order valence-electron chi connectivity index (χ3n) is 4.16. The highest BCUT2D eigenvalue weighted by Gasteiger charge is 2.20. The number of hydrogen-bond donors (Lipinski definition) is 2. The van der Waals surface area contributed by atoms with Crippen molar-refractivity contribution >= 4 is 58.2 Å². The van der Waals surface area contributed by atoms with Gasteiger partial charge in [-0.25, -0.2) is 0 Å². The Hall–Kier alpha value is -2.27. The van der Waals surface area contributed by atoms with Crippen molar-refractivity contribution in [1.29, 1.82) is 0 Å². The van der Waals surface area contributed by atoms with Crippen LogP contribution in [0.5, 0.6) is 0 Å². The number of carbonyl (C=O) groups is 2. The second-order valence-corrected chi connectivity index (χ2v) is 7.73. The van der Waals surface area contributed by atoms with Crippen molar-refractivity contribution in [2.75, 3.05) is 0 Å². The van der Waals surface area contributed by atoms with E-state index in [0.717, 1.165) is 0 Å². The Morgan fingerprint density at radius 1 is 0.800 bits per heavy atom. The summed E-state index contributed by atoms with van der Waals surface area (Å²) in [6.07, 6.45) is 0. The van der Waals surface area contributed by atoms with Crippen LogP contribution in [0, 0.1) is 0 Å². The summed E-state index contributed by atoms with van der Waals surface area (Å²) >= 11 is 24.0. The average Bonchev–Trinajstić information content (AvgIpc) is 3.30. The number of halogens is 4. The first-order valence-corrected chi connectivity index (χ1v) is 9.95. The summed E-state index contributed by atoms with van der Waals surface area (Å²) in [5, 5.41) is 18.7. The quantitative estimate of drug-likeness (QED) is 0.547. The standard InChI is InChI=1S/C16H16Cl4N8O2/c1-26-10(16(30)22-6-9-12(18)14(20)28(3)25-9)4-7(23-26)15(29)21-5-8-11(17)13(19)27(2)24-8/h4H,5-6H2,1-3H3,(H,21,29)(H,22,30). The van der Waals surface area contributed by atoms with Crippen molar-refractivity contribution in [2.45, 2.75) is 13.1 Å². The molecule has 14 heteroatoms. The molecule has 0 radical (unpaired) electrons. The molecule has 0 aliphatic heterocycles. The lowest BCUT2D eigenvalue weighted by Crippen LogP contribution is -2.25. The summed E-state index contributed by atoms with van der Waals surface area (Å²) < 4.78 is 4.09. The van der Waals surface area contributed by atoms with E-state index in [1.165, 1.54) is 20.1 Å². The molecule has 0 fully saturated rings. The number of carbonyl (C=O) groups excluding carboxylic acids is 2.